The maximum absolute atomic E-state index is 12.8. The number of thioether (sulfide) groups is 1. The summed E-state index contributed by atoms with van der Waals surface area (Å²) in [4.78, 5) is 26.9. The van der Waals surface area contributed by atoms with Crippen molar-refractivity contribution in [3.8, 4) is 5.75 Å². The van der Waals surface area contributed by atoms with E-state index >= 15 is 0 Å². The van der Waals surface area contributed by atoms with Crippen LogP contribution in [-0.2, 0) is 17.9 Å². The van der Waals surface area contributed by atoms with Crippen molar-refractivity contribution in [3.05, 3.63) is 104 Å². The largest absolute Gasteiger partial charge is 0.489 e. The molecule has 1 aliphatic heterocycles. The Bertz CT molecular complexity index is 1180. The fourth-order valence-electron chi connectivity index (χ4n) is 3.08. The highest BCUT2D eigenvalue weighted by atomic mass is 79.9. The van der Waals surface area contributed by atoms with Crippen LogP contribution in [0.15, 0.2) is 82.2 Å². The lowest BCUT2D eigenvalue weighted by Gasteiger charge is -2.12. The summed E-state index contributed by atoms with van der Waals surface area (Å²) >= 11 is 10.5. The number of ether oxygens (including phenoxy) is 1. The molecule has 0 spiro atoms. The molecule has 3 aromatic rings. The molecular weight excluding hydrogens is 498 g/mol. The smallest absolute Gasteiger partial charge is 0.293 e. The predicted molar refractivity (Wildman–Crippen MR) is 128 cm³/mol. The Kier molecular flexibility index (Phi) is 6.80. The van der Waals surface area contributed by atoms with E-state index in [0.29, 0.717) is 22.3 Å². The van der Waals surface area contributed by atoms with Gasteiger partial charge in [0.15, 0.2) is 0 Å². The van der Waals surface area contributed by atoms with E-state index in [1.807, 2.05) is 72.8 Å². The van der Waals surface area contributed by atoms with Gasteiger partial charge in [0.25, 0.3) is 11.1 Å². The van der Waals surface area contributed by atoms with Gasteiger partial charge in [-0.1, -0.05) is 70.0 Å². The summed E-state index contributed by atoms with van der Waals surface area (Å²) in [5, 5.41) is 0.375. The van der Waals surface area contributed by atoms with Gasteiger partial charge in [-0.15, -0.1) is 0 Å². The van der Waals surface area contributed by atoms with Crippen LogP contribution in [0.2, 0.25) is 5.02 Å². The lowest BCUT2D eigenvalue weighted by atomic mass is 10.2. The van der Waals surface area contributed by atoms with Gasteiger partial charge in [-0.05, 0) is 59.3 Å². The molecule has 0 N–H and O–H groups in total. The molecule has 1 aliphatic rings. The zero-order valence-electron chi connectivity index (χ0n) is 16.3. The van der Waals surface area contributed by atoms with Crippen molar-refractivity contribution in [3.63, 3.8) is 0 Å². The lowest BCUT2D eigenvalue weighted by molar-refractivity contribution is -0.123. The monoisotopic (exact) mass is 513 g/mol. The van der Waals surface area contributed by atoms with Gasteiger partial charge in [-0.25, -0.2) is 0 Å². The van der Waals surface area contributed by atoms with Gasteiger partial charge in [0.05, 0.1) is 11.4 Å². The molecule has 0 unspecified atom stereocenters. The van der Waals surface area contributed by atoms with Crippen molar-refractivity contribution in [1.29, 1.82) is 0 Å². The zero-order valence-corrected chi connectivity index (χ0v) is 19.4. The van der Waals surface area contributed by atoms with Crippen LogP contribution in [-0.4, -0.2) is 16.0 Å². The molecule has 3 aromatic carbocycles. The highest BCUT2D eigenvalue weighted by Crippen LogP contribution is 2.34. The van der Waals surface area contributed by atoms with Gasteiger partial charge in [0, 0.05) is 15.1 Å². The summed E-state index contributed by atoms with van der Waals surface area (Å²) in [7, 11) is 0. The van der Waals surface area contributed by atoms with Crippen molar-refractivity contribution in [2.45, 2.75) is 13.2 Å². The molecule has 0 atom stereocenters. The number of hydrogen-bond donors (Lipinski definition) is 0. The minimum atomic E-state index is -0.294. The predicted octanol–water partition coefficient (Wildman–Crippen LogP) is 6.92. The second-order valence-electron chi connectivity index (χ2n) is 6.85. The van der Waals surface area contributed by atoms with Crippen LogP contribution >= 0.6 is 39.3 Å². The summed E-state index contributed by atoms with van der Waals surface area (Å²) in [6.07, 6.45) is 1.72. The molecule has 1 fully saturated rings. The summed E-state index contributed by atoms with van der Waals surface area (Å²) in [5.41, 5.74) is 2.56. The first kappa shape index (κ1) is 21.7. The molecule has 0 aliphatic carbocycles. The molecule has 4 rings (SSSR count). The SMILES string of the molecule is O=C1S/C(=C/c2cccc(OCc3ccccc3Cl)c2)C(=O)N1Cc1cccc(Br)c1. The van der Waals surface area contributed by atoms with Crippen LogP contribution in [0, 0.1) is 0 Å². The van der Waals surface area contributed by atoms with E-state index in [1.54, 1.807) is 6.08 Å². The van der Waals surface area contributed by atoms with Crippen molar-refractivity contribution in [2.24, 2.45) is 0 Å². The Hall–Kier alpha value is -2.54. The molecule has 0 bridgehead atoms. The minimum Gasteiger partial charge on any atom is -0.489 e. The third kappa shape index (κ3) is 5.39. The van der Waals surface area contributed by atoms with Gasteiger partial charge in [-0.2, -0.15) is 0 Å². The molecule has 1 heterocycles. The summed E-state index contributed by atoms with van der Waals surface area (Å²) in [6, 6.07) is 22.5. The Morgan fingerprint density at radius 3 is 2.61 bits per heavy atom. The molecule has 0 saturated carbocycles. The summed E-state index contributed by atoms with van der Waals surface area (Å²) < 4.78 is 6.75. The van der Waals surface area contributed by atoms with E-state index in [4.69, 9.17) is 16.3 Å². The van der Waals surface area contributed by atoms with Crippen LogP contribution in [0.3, 0.4) is 0 Å². The summed E-state index contributed by atoms with van der Waals surface area (Å²) in [6.45, 7) is 0.578. The Morgan fingerprint density at radius 1 is 1.00 bits per heavy atom. The van der Waals surface area contributed by atoms with Crippen molar-refractivity contribution >= 4 is 56.5 Å². The van der Waals surface area contributed by atoms with Crippen molar-refractivity contribution in [2.75, 3.05) is 0 Å². The average molecular weight is 515 g/mol. The first-order valence-electron chi connectivity index (χ1n) is 9.46. The maximum Gasteiger partial charge on any atom is 0.293 e. The van der Waals surface area contributed by atoms with Gasteiger partial charge in [0.1, 0.15) is 12.4 Å². The highest BCUT2D eigenvalue weighted by molar-refractivity contribution is 9.10. The fourth-order valence-corrected chi connectivity index (χ4v) is 4.55. The van der Waals surface area contributed by atoms with Gasteiger partial charge in [0.2, 0.25) is 0 Å². The van der Waals surface area contributed by atoms with E-state index < -0.39 is 0 Å². The number of halogens is 2. The van der Waals surface area contributed by atoms with Crippen molar-refractivity contribution in [1.82, 2.24) is 4.90 Å². The third-order valence-electron chi connectivity index (χ3n) is 4.61. The number of hydrogen-bond acceptors (Lipinski definition) is 4. The first-order chi connectivity index (χ1) is 15.0. The van der Waals surface area contributed by atoms with Gasteiger partial charge in [-0.3, -0.25) is 14.5 Å². The number of imide groups is 1. The molecule has 0 radical (unpaired) electrons. The van der Waals surface area contributed by atoms with Crippen LogP contribution < -0.4 is 4.74 Å². The molecule has 0 aromatic heterocycles. The van der Waals surface area contributed by atoms with Crippen LogP contribution in [0.4, 0.5) is 4.79 Å². The van der Waals surface area contributed by atoms with Crippen LogP contribution in [0.25, 0.3) is 6.08 Å². The van der Waals surface area contributed by atoms with Crippen LogP contribution in [0.5, 0.6) is 5.75 Å². The number of carbonyl (C=O) groups excluding carboxylic acids is 2. The molecule has 7 heteroatoms. The topological polar surface area (TPSA) is 46.6 Å². The molecular formula is C24H17BrClNO3S. The number of nitrogens with zero attached hydrogens (tertiary/aromatic N) is 1. The lowest BCUT2D eigenvalue weighted by Crippen LogP contribution is -2.27. The van der Waals surface area contributed by atoms with E-state index in [-0.39, 0.29) is 17.7 Å². The van der Waals surface area contributed by atoms with E-state index in [2.05, 4.69) is 15.9 Å². The maximum atomic E-state index is 12.8. The number of benzene rings is 3. The standard InChI is InChI=1S/C24H17BrClNO3S/c25-19-8-3-6-17(11-19)14-27-23(28)22(31-24(27)29)13-16-5-4-9-20(12-16)30-15-18-7-1-2-10-21(18)26/h1-13H,14-15H2/b22-13+. The fraction of sp³-hybridized carbons (Fsp3) is 0.0833. The summed E-state index contributed by atoms with van der Waals surface area (Å²) in [5.74, 6) is 0.361. The van der Waals surface area contributed by atoms with E-state index in [9.17, 15) is 9.59 Å². The quantitative estimate of drug-likeness (QED) is 0.335. The van der Waals surface area contributed by atoms with Crippen LogP contribution in [0.1, 0.15) is 16.7 Å². The Balaban J connectivity index is 1.47. The third-order valence-corrected chi connectivity index (χ3v) is 6.38. The molecule has 1 saturated heterocycles. The first-order valence-corrected chi connectivity index (χ1v) is 11.4. The van der Waals surface area contributed by atoms with Crippen molar-refractivity contribution < 1.29 is 14.3 Å². The molecule has 4 nitrogen and oxygen atoms in total. The van der Waals surface area contributed by atoms with Gasteiger partial charge >= 0.3 is 0 Å². The normalized spacial score (nSPS) is 15.0. The average Bonchev–Trinajstić information content (AvgIpc) is 3.01. The Labute approximate surface area is 198 Å². The second-order valence-corrected chi connectivity index (χ2v) is 9.17. The number of amides is 2. The molecule has 2 amide bonds. The Morgan fingerprint density at radius 2 is 1.81 bits per heavy atom. The zero-order chi connectivity index (χ0) is 21.8. The van der Waals surface area contributed by atoms with E-state index in [0.717, 1.165) is 32.9 Å². The molecule has 31 heavy (non-hydrogen) atoms. The minimum absolute atomic E-state index is 0.239. The molecule has 156 valence electrons. The highest BCUT2D eigenvalue weighted by Gasteiger charge is 2.35. The second kappa shape index (κ2) is 9.73. The number of rotatable bonds is 6. The van der Waals surface area contributed by atoms with Gasteiger partial charge < -0.3 is 4.74 Å². The number of carbonyl (C=O) groups is 2. The van der Waals surface area contributed by atoms with E-state index in [1.165, 1.54) is 4.90 Å².